The van der Waals surface area contributed by atoms with Crippen LogP contribution in [0.1, 0.15) is 38.7 Å². The molecule has 1 heterocycles. The van der Waals surface area contributed by atoms with Gasteiger partial charge in [0, 0.05) is 39.5 Å². The second-order valence-electron chi connectivity index (χ2n) is 6.72. The Morgan fingerprint density at radius 2 is 1.96 bits per heavy atom. The molecule has 1 aliphatic heterocycles. The number of hydrogen-bond donors (Lipinski definition) is 0. The lowest BCUT2D eigenvalue weighted by atomic mass is 10.00. The van der Waals surface area contributed by atoms with Gasteiger partial charge < -0.3 is 9.80 Å². The van der Waals surface area contributed by atoms with Gasteiger partial charge in [-0.15, -0.1) is 0 Å². The fourth-order valence-corrected chi connectivity index (χ4v) is 3.15. The van der Waals surface area contributed by atoms with E-state index in [1.807, 2.05) is 4.90 Å². The second-order valence-corrected chi connectivity index (χ2v) is 6.72. The highest BCUT2D eigenvalue weighted by Crippen LogP contribution is 2.16. The molecule has 0 aliphatic carbocycles. The van der Waals surface area contributed by atoms with Gasteiger partial charge >= 0.3 is 0 Å². The van der Waals surface area contributed by atoms with Crippen LogP contribution >= 0.6 is 0 Å². The number of likely N-dealkylation sites (tertiary alicyclic amines) is 1. The molecule has 0 spiro atoms. The molecular formula is C19H27FN2O2. The maximum absolute atomic E-state index is 12.9. The van der Waals surface area contributed by atoms with E-state index in [1.54, 1.807) is 17.0 Å². The minimum absolute atomic E-state index is 0.0306. The van der Waals surface area contributed by atoms with Crippen molar-refractivity contribution in [3.63, 3.8) is 0 Å². The molecule has 24 heavy (non-hydrogen) atoms. The van der Waals surface area contributed by atoms with Crippen molar-refractivity contribution < 1.29 is 14.0 Å². The minimum atomic E-state index is -0.261. The molecule has 2 rings (SSSR count). The van der Waals surface area contributed by atoms with Gasteiger partial charge in [-0.1, -0.05) is 19.1 Å². The Kier molecular flexibility index (Phi) is 6.76. The van der Waals surface area contributed by atoms with E-state index in [-0.39, 0.29) is 17.6 Å². The Balaban J connectivity index is 1.81. The average molecular weight is 334 g/mol. The third kappa shape index (κ3) is 5.62. The minimum Gasteiger partial charge on any atom is -0.342 e. The van der Waals surface area contributed by atoms with E-state index < -0.39 is 0 Å². The van der Waals surface area contributed by atoms with Gasteiger partial charge in [0.1, 0.15) is 5.82 Å². The summed E-state index contributed by atoms with van der Waals surface area (Å²) in [6, 6.07) is 6.31. The van der Waals surface area contributed by atoms with Crippen molar-refractivity contribution in [1.82, 2.24) is 9.80 Å². The number of nitrogens with zero attached hydrogens (tertiary/aromatic N) is 2. The molecule has 1 aliphatic rings. The maximum Gasteiger partial charge on any atom is 0.224 e. The van der Waals surface area contributed by atoms with Crippen LogP contribution in [0.2, 0.25) is 0 Å². The van der Waals surface area contributed by atoms with Crippen LogP contribution in [0.25, 0.3) is 0 Å². The lowest BCUT2D eigenvalue weighted by molar-refractivity contribution is -0.134. The summed E-state index contributed by atoms with van der Waals surface area (Å²) >= 11 is 0. The summed E-state index contributed by atoms with van der Waals surface area (Å²) in [6.45, 7) is 6.35. The number of piperidine rings is 1. The summed E-state index contributed by atoms with van der Waals surface area (Å²) in [7, 11) is 0. The molecule has 1 aromatic carbocycles. The molecular weight excluding hydrogens is 307 g/mol. The lowest BCUT2D eigenvalue weighted by Crippen LogP contribution is -2.41. The summed E-state index contributed by atoms with van der Waals surface area (Å²) < 4.78 is 12.9. The molecule has 0 aromatic heterocycles. The van der Waals surface area contributed by atoms with E-state index >= 15 is 0 Å². The number of hydrogen-bond acceptors (Lipinski definition) is 2. The summed E-state index contributed by atoms with van der Waals surface area (Å²) in [5, 5.41) is 0. The van der Waals surface area contributed by atoms with Crippen LogP contribution < -0.4 is 0 Å². The summed E-state index contributed by atoms with van der Waals surface area (Å²) in [5.74, 6) is 0.403. The summed E-state index contributed by atoms with van der Waals surface area (Å²) in [6.07, 6.45) is 3.28. The highest BCUT2D eigenvalue weighted by Gasteiger charge is 2.21. The molecule has 0 bridgehead atoms. The van der Waals surface area contributed by atoms with Gasteiger partial charge in [0.05, 0.1) is 0 Å². The van der Waals surface area contributed by atoms with E-state index in [0.29, 0.717) is 31.8 Å². The van der Waals surface area contributed by atoms with Crippen molar-refractivity contribution in [1.29, 1.82) is 0 Å². The predicted octanol–water partition coefficient (Wildman–Crippen LogP) is 2.87. The number of carbonyl (C=O) groups excluding carboxylic acids is 2. The predicted molar refractivity (Wildman–Crippen MR) is 92.0 cm³/mol. The van der Waals surface area contributed by atoms with E-state index in [4.69, 9.17) is 0 Å². The Morgan fingerprint density at radius 3 is 2.58 bits per heavy atom. The van der Waals surface area contributed by atoms with Crippen molar-refractivity contribution >= 4 is 11.8 Å². The standard InChI is InChI=1S/C19H27FN2O2/c1-15-4-3-11-22(14-15)19(24)10-13-21(16(2)23)12-9-17-5-7-18(20)8-6-17/h5-8,15H,3-4,9-14H2,1-2H3. The number of benzene rings is 1. The van der Waals surface area contributed by atoms with Gasteiger partial charge in [-0.2, -0.15) is 0 Å². The van der Waals surface area contributed by atoms with Crippen molar-refractivity contribution in [3.8, 4) is 0 Å². The van der Waals surface area contributed by atoms with E-state index in [2.05, 4.69) is 6.92 Å². The second kappa shape index (κ2) is 8.81. The molecule has 1 fully saturated rings. The molecule has 0 saturated carbocycles. The molecule has 1 saturated heterocycles. The zero-order chi connectivity index (χ0) is 17.5. The average Bonchev–Trinajstić information content (AvgIpc) is 2.56. The van der Waals surface area contributed by atoms with Crippen molar-refractivity contribution in [2.24, 2.45) is 5.92 Å². The van der Waals surface area contributed by atoms with E-state index in [9.17, 15) is 14.0 Å². The summed E-state index contributed by atoms with van der Waals surface area (Å²) in [4.78, 5) is 27.8. The fourth-order valence-electron chi connectivity index (χ4n) is 3.15. The van der Waals surface area contributed by atoms with Gasteiger partial charge in [-0.3, -0.25) is 9.59 Å². The Labute approximate surface area is 143 Å². The first-order valence-electron chi connectivity index (χ1n) is 8.73. The monoisotopic (exact) mass is 334 g/mol. The lowest BCUT2D eigenvalue weighted by Gasteiger charge is -2.31. The van der Waals surface area contributed by atoms with Gasteiger partial charge in [-0.05, 0) is 42.9 Å². The van der Waals surface area contributed by atoms with Gasteiger partial charge in [0.2, 0.25) is 11.8 Å². The van der Waals surface area contributed by atoms with Crippen LogP contribution in [0.4, 0.5) is 4.39 Å². The zero-order valence-electron chi connectivity index (χ0n) is 14.6. The molecule has 1 aromatic rings. The smallest absolute Gasteiger partial charge is 0.224 e. The number of rotatable bonds is 6. The molecule has 0 radical (unpaired) electrons. The normalized spacial score (nSPS) is 17.6. The Morgan fingerprint density at radius 1 is 1.25 bits per heavy atom. The first-order valence-corrected chi connectivity index (χ1v) is 8.73. The number of halogens is 1. The highest BCUT2D eigenvalue weighted by molar-refractivity contribution is 5.78. The number of carbonyl (C=O) groups is 2. The Hall–Kier alpha value is -1.91. The number of amides is 2. The van der Waals surface area contributed by atoms with Crippen molar-refractivity contribution in [2.45, 2.75) is 39.5 Å². The highest BCUT2D eigenvalue weighted by atomic mass is 19.1. The molecule has 0 N–H and O–H groups in total. The SMILES string of the molecule is CC(=O)N(CCC(=O)N1CCCC(C)C1)CCc1ccc(F)cc1. The van der Waals surface area contributed by atoms with Crippen LogP contribution in [0.5, 0.6) is 0 Å². The topological polar surface area (TPSA) is 40.6 Å². The van der Waals surface area contributed by atoms with Crippen LogP contribution in [0, 0.1) is 11.7 Å². The van der Waals surface area contributed by atoms with Gasteiger partial charge in [-0.25, -0.2) is 4.39 Å². The first-order chi connectivity index (χ1) is 11.5. The van der Waals surface area contributed by atoms with E-state index in [0.717, 1.165) is 25.1 Å². The molecule has 2 amide bonds. The quantitative estimate of drug-likeness (QED) is 0.803. The zero-order valence-corrected chi connectivity index (χ0v) is 14.6. The Bertz CT molecular complexity index is 559. The van der Waals surface area contributed by atoms with Gasteiger partial charge in [0.15, 0.2) is 0 Å². The summed E-state index contributed by atoms with van der Waals surface area (Å²) in [5.41, 5.74) is 0.985. The van der Waals surface area contributed by atoms with Crippen molar-refractivity contribution in [3.05, 3.63) is 35.6 Å². The van der Waals surface area contributed by atoms with E-state index in [1.165, 1.54) is 25.5 Å². The third-order valence-electron chi connectivity index (χ3n) is 4.63. The third-order valence-corrected chi connectivity index (χ3v) is 4.63. The van der Waals surface area contributed by atoms with Gasteiger partial charge in [0.25, 0.3) is 0 Å². The van der Waals surface area contributed by atoms with Crippen LogP contribution in [-0.4, -0.2) is 47.8 Å². The maximum atomic E-state index is 12.9. The van der Waals surface area contributed by atoms with Crippen LogP contribution in [0.15, 0.2) is 24.3 Å². The van der Waals surface area contributed by atoms with Crippen LogP contribution in [-0.2, 0) is 16.0 Å². The molecule has 5 heteroatoms. The first kappa shape index (κ1) is 18.4. The van der Waals surface area contributed by atoms with Crippen LogP contribution in [0.3, 0.4) is 0 Å². The largest absolute Gasteiger partial charge is 0.342 e. The molecule has 1 atom stereocenters. The van der Waals surface area contributed by atoms with Crippen molar-refractivity contribution in [2.75, 3.05) is 26.2 Å². The molecule has 132 valence electrons. The molecule has 1 unspecified atom stereocenters. The fraction of sp³-hybridized carbons (Fsp3) is 0.579. The molecule has 4 nitrogen and oxygen atoms in total.